The molecule has 0 bridgehead atoms. The van der Waals surface area contributed by atoms with E-state index in [4.69, 9.17) is 5.73 Å². The summed E-state index contributed by atoms with van der Waals surface area (Å²) in [4.78, 5) is 11.5. The lowest BCUT2D eigenvalue weighted by atomic mass is 9.86. The molecule has 2 aliphatic rings. The monoisotopic (exact) mass is 336 g/mol. The van der Waals surface area contributed by atoms with Gasteiger partial charge >= 0.3 is 0 Å². The number of ketones is 1. The summed E-state index contributed by atoms with van der Waals surface area (Å²) in [6, 6.07) is 0. The second-order valence-corrected chi connectivity index (χ2v) is 7.26. The van der Waals surface area contributed by atoms with Crippen LogP contribution in [-0.4, -0.2) is 17.9 Å². The minimum atomic E-state index is -0.259. The van der Waals surface area contributed by atoms with E-state index >= 15 is 0 Å². The number of carbonyl (C=O) groups is 1. The number of Topliss-reactive ketones (excluding diaryl/α,β-unsaturated/α-hetero) is 1. The van der Waals surface area contributed by atoms with Gasteiger partial charge in [0.1, 0.15) is 0 Å². The fourth-order valence-corrected chi connectivity index (χ4v) is 2.99. The first kappa shape index (κ1) is 19.0. The summed E-state index contributed by atoms with van der Waals surface area (Å²) in [7, 11) is 0. The average molecular weight is 336 g/mol. The molecule has 3 heteroatoms. The molecule has 2 rings (SSSR count). The van der Waals surface area contributed by atoms with Gasteiger partial charge in [-0.25, -0.2) is 0 Å². The Morgan fingerprint density at radius 1 is 1.40 bits per heavy atom. The number of rotatable bonds is 6. The first-order valence-corrected chi connectivity index (χ1v) is 8.71. The minimum Gasteiger partial charge on any atom is -0.387 e. The fourth-order valence-electron chi connectivity index (χ4n) is 2.99. The van der Waals surface area contributed by atoms with Gasteiger partial charge in [-0.3, -0.25) is 4.79 Å². The van der Waals surface area contributed by atoms with Crippen molar-refractivity contribution < 1.29 is 4.79 Å². The van der Waals surface area contributed by atoms with Crippen molar-refractivity contribution in [2.45, 2.75) is 46.1 Å². The molecule has 132 valence electrons. The molecular weight excluding hydrogens is 308 g/mol. The van der Waals surface area contributed by atoms with Gasteiger partial charge in [0.15, 0.2) is 5.78 Å². The largest absolute Gasteiger partial charge is 0.387 e. The molecule has 0 saturated heterocycles. The number of nitrogens with one attached hydrogen (secondary N) is 1. The molecule has 0 saturated carbocycles. The minimum absolute atomic E-state index is 0.0686. The Hall–Kier alpha value is -2.35. The zero-order valence-electron chi connectivity index (χ0n) is 15.6. The maximum absolute atomic E-state index is 11.5. The van der Waals surface area contributed by atoms with E-state index in [9.17, 15) is 4.79 Å². The van der Waals surface area contributed by atoms with Gasteiger partial charge in [-0.2, -0.15) is 0 Å². The van der Waals surface area contributed by atoms with Crippen LogP contribution in [-0.2, 0) is 4.79 Å². The third-order valence-corrected chi connectivity index (χ3v) is 4.10. The highest BCUT2D eigenvalue weighted by atomic mass is 16.1. The predicted octanol–water partition coefficient (Wildman–Crippen LogP) is 4.03. The average Bonchev–Trinajstić information content (AvgIpc) is 2.75. The summed E-state index contributed by atoms with van der Waals surface area (Å²) < 4.78 is 0. The summed E-state index contributed by atoms with van der Waals surface area (Å²) in [6.45, 7) is 8.51. The molecule has 0 aromatic rings. The maximum atomic E-state index is 11.5. The number of allylic oxidation sites excluding steroid dienone is 8. The highest BCUT2D eigenvalue weighted by Gasteiger charge is 2.20. The Morgan fingerprint density at radius 2 is 2.16 bits per heavy atom. The molecule has 0 aromatic heterocycles. The molecule has 0 amide bonds. The normalized spacial score (nSPS) is 17.9. The van der Waals surface area contributed by atoms with Gasteiger partial charge in [-0.15, -0.1) is 5.73 Å². The van der Waals surface area contributed by atoms with Gasteiger partial charge in [0.25, 0.3) is 0 Å². The van der Waals surface area contributed by atoms with E-state index in [0.29, 0.717) is 5.57 Å². The third kappa shape index (κ3) is 5.60. The predicted molar refractivity (Wildman–Crippen MR) is 105 cm³/mol. The highest BCUT2D eigenvalue weighted by molar-refractivity contribution is 5.96. The fraction of sp³-hybridized carbons (Fsp3) is 0.364. The molecule has 0 aromatic carbocycles. The van der Waals surface area contributed by atoms with Crippen molar-refractivity contribution in [2.24, 2.45) is 5.73 Å². The van der Waals surface area contributed by atoms with Crippen molar-refractivity contribution in [2.75, 3.05) is 6.54 Å². The SMILES string of the molecule is C/C=C\C1=C(CC2=C=CC=C(C(C)=O)C=C2)CNC=C1CC(C)(C)N. The van der Waals surface area contributed by atoms with Crippen LogP contribution >= 0.6 is 0 Å². The van der Waals surface area contributed by atoms with Crippen LogP contribution in [0, 0.1) is 0 Å². The van der Waals surface area contributed by atoms with Gasteiger partial charge in [0.05, 0.1) is 0 Å². The number of nitrogens with two attached hydrogens (primary N) is 1. The molecule has 0 unspecified atom stereocenters. The van der Waals surface area contributed by atoms with Gasteiger partial charge in [0.2, 0.25) is 0 Å². The van der Waals surface area contributed by atoms with Crippen LogP contribution < -0.4 is 11.1 Å². The van der Waals surface area contributed by atoms with Crippen molar-refractivity contribution in [3.05, 3.63) is 76.3 Å². The Morgan fingerprint density at radius 3 is 2.80 bits per heavy atom. The molecule has 0 spiro atoms. The van der Waals surface area contributed by atoms with Crippen molar-refractivity contribution in [3.63, 3.8) is 0 Å². The van der Waals surface area contributed by atoms with E-state index < -0.39 is 0 Å². The standard InChI is InChI=1S/C22H28N2O/c1-5-7-21-19(14-24-15-20(21)13-22(3,4)23)12-17-8-6-9-18(11-10-17)16(2)25/h5-7,9-11,15,24H,12-14,23H2,1-4H3/b7-5-. The van der Waals surface area contributed by atoms with Crippen molar-refractivity contribution in [1.29, 1.82) is 0 Å². The molecular formula is C22H28N2O. The quantitative estimate of drug-likeness (QED) is 0.720. The van der Waals surface area contributed by atoms with Crippen molar-refractivity contribution in [1.82, 2.24) is 5.32 Å². The lowest BCUT2D eigenvalue weighted by Crippen LogP contribution is -2.33. The van der Waals surface area contributed by atoms with Gasteiger partial charge in [-0.05, 0) is 68.6 Å². The molecule has 1 heterocycles. The lowest BCUT2D eigenvalue weighted by Gasteiger charge is -2.26. The zero-order valence-corrected chi connectivity index (χ0v) is 15.6. The van der Waals surface area contributed by atoms with Crippen LogP contribution in [0.1, 0.15) is 40.5 Å². The second kappa shape index (κ2) is 8.15. The van der Waals surface area contributed by atoms with Crippen molar-refractivity contribution in [3.8, 4) is 0 Å². The van der Waals surface area contributed by atoms with Gasteiger partial charge in [-0.1, -0.05) is 24.3 Å². The summed E-state index contributed by atoms with van der Waals surface area (Å²) in [6.07, 6.45) is 15.4. The van der Waals surface area contributed by atoms with Crippen LogP contribution in [0.4, 0.5) is 0 Å². The molecule has 0 fully saturated rings. The summed E-state index contributed by atoms with van der Waals surface area (Å²) >= 11 is 0. The molecule has 0 atom stereocenters. The Balaban J connectivity index is 2.29. The zero-order chi connectivity index (χ0) is 18.4. The lowest BCUT2D eigenvalue weighted by molar-refractivity contribution is -0.113. The number of hydrogen-bond donors (Lipinski definition) is 2. The highest BCUT2D eigenvalue weighted by Crippen LogP contribution is 2.29. The Labute approximate surface area is 151 Å². The van der Waals surface area contributed by atoms with E-state index in [0.717, 1.165) is 25.0 Å². The Bertz CT molecular complexity index is 758. The topological polar surface area (TPSA) is 55.1 Å². The van der Waals surface area contributed by atoms with E-state index in [2.05, 4.69) is 29.4 Å². The molecule has 3 N–H and O–H groups in total. The van der Waals surface area contributed by atoms with Crippen LogP contribution in [0.3, 0.4) is 0 Å². The van der Waals surface area contributed by atoms with E-state index in [1.807, 2.05) is 45.1 Å². The molecule has 25 heavy (non-hydrogen) atoms. The van der Waals surface area contributed by atoms with E-state index in [1.54, 1.807) is 6.92 Å². The second-order valence-electron chi connectivity index (χ2n) is 7.26. The van der Waals surface area contributed by atoms with Crippen molar-refractivity contribution >= 4 is 5.78 Å². The van der Waals surface area contributed by atoms with E-state index in [1.165, 1.54) is 16.7 Å². The van der Waals surface area contributed by atoms with Gasteiger partial charge in [0, 0.05) is 30.3 Å². The summed E-state index contributed by atoms with van der Waals surface area (Å²) in [5.74, 6) is 0.0686. The molecule has 1 aliphatic heterocycles. The van der Waals surface area contributed by atoms with E-state index in [-0.39, 0.29) is 11.3 Å². The molecule has 3 nitrogen and oxygen atoms in total. The first-order valence-electron chi connectivity index (χ1n) is 8.71. The number of hydrogen-bond acceptors (Lipinski definition) is 3. The van der Waals surface area contributed by atoms with Crippen LogP contribution in [0.25, 0.3) is 0 Å². The number of dihydropyridines is 1. The Kier molecular flexibility index (Phi) is 6.19. The molecule has 0 radical (unpaired) electrons. The van der Waals surface area contributed by atoms with Gasteiger partial charge < -0.3 is 11.1 Å². The molecule has 1 aliphatic carbocycles. The smallest absolute Gasteiger partial charge is 0.159 e. The first-order chi connectivity index (χ1) is 11.8. The van der Waals surface area contributed by atoms with Crippen LogP contribution in [0.2, 0.25) is 0 Å². The van der Waals surface area contributed by atoms with Crippen LogP contribution in [0.5, 0.6) is 0 Å². The summed E-state index contributed by atoms with van der Waals surface area (Å²) in [5.41, 5.74) is 14.8. The summed E-state index contributed by atoms with van der Waals surface area (Å²) in [5, 5.41) is 3.38. The third-order valence-electron chi connectivity index (χ3n) is 4.10. The maximum Gasteiger partial charge on any atom is 0.159 e. The van der Waals surface area contributed by atoms with Crippen LogP contribution in [0.15, 0.2) is 76.3 Å². The number of carbonyl (C=O) groups excluding carboxylic acids is 1.